The van der Waals surface area contributed by atoms with Gasteiger partial charge in [0.2, 0.25) is 0 Å². The quantitative estimate of drug-likeness (QED) is 0.594. The number of rotatable bonds is 4. The molecule has 2 saturated carbocycles. The lowest BCUT2D eigenvalue weighted by Gasteiger charge is -2.38. The van der Waals surface area contributed by atoms with Crippen molar-refractivity contribution in [3.8, 4) is 6.07 Å². The summed E-state index contributed by atoms with van der Waals surface area (Å²) < 4.78 is 28.2. The van der Waals surface area contributed by atoms with Crippen molar-refractivity contribution in [3.05, 3.63) is 34.9 Å². The Morgan fingerprint density at radius 1 is 0.920 bits per heavy atom. The SMILES string of the molecule is CCCC1CCC(C2CCC(c3ccc(C#N)c(F)c3F)CC2)CC1. The van der Waals surface area contributed by atoms with Crippen molar-refractivity contribution in [1.82, 2.24) is 0 Å². The van der Waals surface area contributed by atoms with E-state index in [1.807, 2.05) is 0 Å². The molecular weight excluding hydrogens is 316 g/mol. The van der Waals surface area contributed by atoms with Crippen LogP contribution in [0.25, 0.3) is 0 Å². The number of hydrogen-bond donors (Lipinski definition) is 0. The summed E-state index contributed by atoms with van der Waals surface area (Å²) in [6.45, 7) is 2.28. The van der Waals surface area contributed by atoms with Gasteiger partial charge in [-0.1, -0.05) is 38.7 Å². The topological polar surface area (TPSA) is 23.8 Å². The van der Waals surface area contributed by atoms with Crippen molar-refractivity contribution in [1.29, 1.82) is 5.26 Å². The lowest BCUT2D eigenvalue weighted by molar-refractivity contribution is 0.156. The molecular formula is C22H29F2N. The number of halogens is 2. The Balaban J connectivity index is 1.56. The molecule has 0 N–H and O–H groups in total. The summed E-state index contributed by atoms with van der Waals surface area (Å²) in [4.78, 5) is 0. The Hall–Kier alpha value is -1.43. The van der Waals surface area contributed by atoms with Gasteiger partial charge in [0.15, 0.2) is 11.6 Å². The Morgan fingerprint density at radius 3 is 2.08 bits per heavy atom. The van der Waals surface area contributed by atoms with E-state index < -0.39 is 11.6 Å². The normalized spacial score (nSPS) is 30.0. The van der Waals surface area contributed by atoms with Crippen molar-refractivity contribution in [2.24, 2.45) is 17.8 Å². The fraction of sp³-hybridized carbons (Fsp3) is 0.682. The second-order valence-electron chi connectivity index (χ2n) is 8.12. The molecule has 0 atom stereocenters. The van der Waals surface area contributed by atoms with Gasteiger partial charge in [-0.2, -0.15) is 5.26 Å². The first-order chi connectivity index (χ1) is 12.1. The zero-order valence-electron chi connectivity index (χ0n) is 15.2. The maximum atomic E-state index is 14.3. The average molecular weight is 345 g/mol. The summed E-state index contributed by atoms with van der Waals surface area (Å²) >= 11 is 0. The van der Waals surface area contributed by atoms with E-state index in [1.165, 1.54) is 44.6 Å². The molecule has 0 saturated heterocycles. The molecule has 0 radical (unpaired) electrons. The summed E-state index contributed by atoms with van der Waals surface area (Å²) in [5.41, 5.74) is 0.278. The molecule has 2 fully saturated rings. The molecule has 1 aromatic carbocycles. The van der Waals surface area contributed by atoms with Crippen LogP contribution in [0.5, 0.6) is 0 Å². The highest BCUT2D eigenvalue weighted by Gasteiger charge is 2.32. The highest BCUT2D eigenvalue weighted by atomic mass is 19.2. The molecule has 3 heteroatoms. The smallest absolute Gasteiger partial charge is 0.176 e. The predicted molar refractivity (Wildman–Crippen MR) is 96.1 cm³/mol. The van der Waals surface area contributed by atoms with Crippen molar-refractivity contribution < 1.29 is 8.78 Å². The molecule has 0 amide bonds. The van der Waals surface area contributed by atoms with Gasteiger partial charge in [0.05, 0.1) is 5.56 Å². The monoisotopic (exact) mass is 345 g/mol. The molecule has 0 unspecified atom stereocenters. The Labute approximate surface area is 150 Å². The molecule has 3 rings (SSSR count). The zero-order valence-corrected chi connectivity index (χ0v) is 15.2. The van der Waals surface area contributed by atoms with Gasteiger partial charge in [-0.3, -0.25) is 0 Å². The van der Waals surface area contributed by atoms with Crippen molar-refractivity contribution >= 4 is 0 Å². The largest absolute Gasteiger partial charge is 0.203 e. The zero-order chi connectivity index (χ0) is 17.8. The van der Waals surface area contributed by atoms with E-state index in [1.54, 1.807) is 12.1 Å². The summed E-state index contributed by atoms with van der Waals surface area (Å²) in [6, 6.07) is 4.76. The van der Waals surface area contributed by atoms with Crippen LogP contribution in [0.3, 0.4) is 0 Å². The van der Waals surface area contributed by atoms with Crippen LogP contribution in [0.4, 0.5) is 8.78 Å². The van der Waals surface area contributed by atoms with Gasteiger partial charge in [0.1, 0.15) is 6.07 Å². The van der Waals surface area contributed by atoms with Crippen LogP contribution in [0, 0.1) is 40.7 Å². The maximum Gasteiger partial charge on any atom is 0.176 e. The van der Waals surface area contributed by atoms with Crippen LogP contribution in [0.1, 0.15) is 88.2 Å². The summed E-state index contributed by atoms with van der Waals surface area (Å²) in [5.74, 6) is 0.879. The minimum Gasteiger partial charge on any atom is -0.203 e. The minimum absolute atomic E-state index is 0.106. The van der Waals surface area contributed by atoms with Crippen LogP contribution in [0.15, 0.2) is 12.1 Å². The molecule has 1 nitrogen and oxygen atoms in total. The average Bonchev–Trinajstić information content (AvgIpc) is 2.65. The van der Waals surface area contributed by atoms with Crippen LogP contribution >= 0.6 is 0 Å². The minimum atomic E-state index is -0.976. The molecule has 0 aromatic heterocycles. The summed E-state index contributed by atoms with van der Waals surface area (Å²) in [6.07, 6.45) is 12.3. The molecule has 1 aromatic rings. The lowest BCUT2D eigenvalue weighted by Crippen LogP contribution is -2.25. The highest BCUT2D eigenvalue weighted by molar-refractivity contribution is 5.36. The standard InChI is InChI=1S/C22H29F2N/c1-2-3-15-4-6-16(7-5-15)17-8-10-18(11-9-17)20-13-12-19(14-25)21(23)22(20)24/h12-13,15-18H,2-11H2,1H3. The van der Waals surface area contributed by atoms with E-state index >= 15 is 0 Å². The van der Waals surface area contributed by atoms with E-state index in [2.05, 4.69) is 6.92 Å². The van der Waals surface area contributed by atoms with Crippen molar-refractivity contribution in [2.45, 2.75) is 77.0 Å². The van der Waals surface area contributed by atoms with Crippen molar-refractivity contribution in [2.75, 3.05) is 0 Å². The van der Waals surface area contributed by atoms with E-state index in [0.29, 0.717) is 5.56 Å². The molecule has 2 aliphatic carbocycles. The molecule has 25 heavy (non-hydrogen) atoms. The lowest BCUT2D eigenvalue weighted by atomic mass is 9.68. The first-order valence-corrected chi connectivity index (χ1v) is 10.0. The fourth-order valence-corrected chi connectivity index (χ4v) is 5.22. The van der Waals surface area contributed by atoms with Gasteiger partial charge in [-0.05, 0) is 73.8 Å². The van der Waals surface area contributed by atoms with Crippen LogP contribution in [-0.2, 0) is 0 Å². The van der Waals surface area contributed by atoms with E-state index in [4.69, 9.17) is 5.26 Å². The van der Waals surface area contributed by atoms with Gasteiger partial charge < -0.3 is 0 Å². The van der Waals surface area contributed by atoms with Gasteiger partial charge in [-0.25, -0.2) is 8.78 Å². The van der Waals surface area contributed by atoms with E-state index in [-0.39, 0.29) is 11.5 Å². The van der Waals surface area contributed by atoms with Gasteiger partial charge in [0.25, 0.3) is 0 Å². The first-order valence-electron chi connectivity index (χ1n) is 10.0. The Bertz CT molecular complexity index is 618. The Morgan fingerprint density at radius 2 is 1.52 bits per heavy atom. The number of hydrogen-bond acceptors (Lipinski definition) is 1. The Kier molecular flexibility index (Phi) is 6.10. The molecule has 2 aliphatic rings. The molecule has 0 heterocycles. The second kappa shape index (κ2) is 8.30. The molecule has 0 spiro atoms. The molecule has 136 valence electrons. The fourth-order valence-electron chi connectivity index (χ4n) is 5.22. The molecule has 0 bridgehead atoms. The summed E-state index contributed by atoms with van der Waals surface area (Å²) in [7, 11) is 0. The van der Waals surface area contributed by atoms with Gasteiger partial charge >= 0.3 is 0 Å². The predicted octanol–water partition coefficient (Wildman–Crippen LogP) is 6.72. The van der Waals surface area contributed by atoms with E-state index in [9.17, 15) is 8.78 Å². The van der Waals surface area contributed by atoms with Crippen LogP contribution in [0.2, 0.25) is 0 Å². The molecule has 0 aliphatic heterocycles. The second-order valence-corrected chi connectivity index (χ2v) is 8.12. The van der Waals surface area contributed by atoms with E-state index in [0.717, 1.165) is 43.4 Å². The van der Waals surface area contributed by atoms with Crippen LogP contribution in [-0.4, -0.2) is 0 Å². The number of benzene rings is 1. The van der Waals surface area contributed by atoms with Crippen molar-refractivity contribution in [3.63, 3.8) is 0 Å². The summed E-state index contributed by atoms with van der Waals surface area (Å²) in [5, 5.41) is 8.82. The number of nitrogens with zero attached hydrogens (tertiary/aromatic N) is 1. The third-order valence-corrected chi connectivity index (χ3v) is 6.70. The number of nitriles is 1. The maximum absolute atomic E-state index is 14.3. The van der Waals surface area contributed by atoms with Gasteiger partial charge in [0, 0.05) is 0 Å². The third-order valence-electron chi connectivity index (χ3n) is 6.70. The van der Waals surface area contributed by atoms with Gasteiger partial charge in [-0.15, -0.1) is 0 Å². The highest BCUT2D eigenvalue weighted by Crippen LogP contribution is 2.45. The third kappa shape index (κ3) is 4.05. The van der Waals surface area contributed by atoms with Crippen LogP contribution < -0.4 is 0 Å². The first kappa shape index (κ1) is 18.4.